The molecule has 0 spiro atoms. The third-order valence-corrected chi connectivity index (χ3v) is 8.74. The van der Waals surface area contributed by atoms with E-state index >= 15 is 8.78 Å². The Hall–Kier alpha value is -6.23. The fraction of sp³-hybridized carbons (Fsp3) is 0.308. The van der Waals surface area contributed by atoms with Crippen molar-refractivity contribution < 1.29 is 42.1 Å². The molecule has 0 atom stereocenters. The van der Waals surface area contributed by atoms with Gasteiger partial charge in [0, 0.05) is 25.2 Å². The van der Waals surface area contributed by atoms with Gasteiger partial charge in [-0.2, -0.15) is 19.0 Å². The molecule has 14 heteroatoms. The van der Waals surface area contributed by atoms with Crippen LogP contribution in [0.2, 0.25) is 0 Å². The number of aliphatic imine (C=N–C) groups is 1. The number of carbonyl (C=O) groups is 2. The van der Waals surface area contributed by atoms with E-state index in [9.17, 15) is 14.9 Å². The number of nitriles is 1. The van der Waals surface area contributed by atoms with E-state index in [2.05, 4.69) is 15.3 Å². The molecule has 0 radical (unpaired) electrons. The van der Waals surface area contributed by atoms with Gasteiger partial charge in [0.25, 0.3) is 11.8 Å². The van der Waals surface area contributed by atoms with E-state index in [0.717, 1.165) is 12.1 Å². The highest BCUT2D eigenvalue weighted by Gasteiger charge is 2.55. The van der Waals surface area contributed by atoms with E-state index in [1.807, 2.05) is 54.4 Å². The molecule has 1 aliphatic heterocycles. The minimum absolute atomic E-state index is 0.0197. The van der Waals surface area contributed by atoms with Crippen molar-refractivity contribution in [2.45, 2.75) is 38.8 Å². The molecule has 1 saturated carbocycles. The van der Waals surface area contributed by atoms with Gasteiger partial charge < -0.3 is 33.9 Å². The molecule has 53 heavy (non-hydrogen) atoms. The minimum Gasteiger partial charge on any atom is -0.485 e. The summed E-state index contributed by atoms with van der Waals surface area (Å²) >= 11 is 0. The van der Waals surface area contributed by atoms with E-state index in [1.165, 1.54) is 18.2 Å². The quantitative estimate of drug-likeness (QED) is 0.138. The fourth-order valence-corrected chi connectivity index (χ4v) is 6.05. The molecule has 2 aliphatic rings. The van der Waals surface area contributed by atoms with Crippen molar-refractivity contribution in [3.63, 3.8) is 0 Å². The summed E-state index contributed by atoms with van der Waals surface area (Å²) in [6.45, 7) is 4.81. The largest absolute Gasteiger partial charge is 0.485 e. The van der Waals surface area contributed by atoms with Crippen LogP contribution in [-0.4, -0.2) is 66.5 Å². The molecule has 1 N–H and O–H groups in total. The Labute approximate surface area is 304 Å². The molecule has 1 aliphatic carbocycles. The van der Waals surface area contributed by atoms with E-state index < -0.39 is 52.5 Å². The zero-order valence-corrected chi connectivity index (χ0v) is 29.4. The van der Waals surface area contributed by atoms with Crippen LogP contribution in [0.5, 0.6) is 29.0 Å². The summed E-state index contributed by atoms with van der Waals surface area (Å²) in [4.78, 5) is 36.4. The molecule has 0 bridgehead atoms. The topological polar surface area (TPSA) is 145 Å². The number of halogens is 2. The number of hydrogen-bond donors (Lipinski definition) is 1. The Bertz CT molecular complexity index is 2070. The Balaban J connectivity index is 1.41. The van der Waals surface area contributed by atoms with Gasteiger partial charge >= 0.3 is 11.9 Å². The number of rotatable bonds is 14. The minimum atomic E-state index is -1.69. The monoisotopic (exact) mass is 725 g/mol. The maximum Gasteiger partial charge on any atom is 0.331 e. The standard InChI is InChI=1S/C39H37F2N5O7/c1-4-49-37(47)27-20-39(21-27,38(48)50-5-2)45-33-31(40)35(52-28-13-9-12-26(19-28)34-43-16-17-46(34)3)44-36(32(33)41)53-30-18-25(22-42)14-15-29(30)51-23-24-10-7-6-8-11-24/h6-15,18-19,27H,4-5,16-17,20-21,23H2,1-3H3,(H,44,45). The summed E-state index contributed by atoms with van der Waals surface area (Å²) in [5.41, 5.74) is -0.796. The Morgan fingerprint density at radius 1 is 0.943 bits per heavy atom. The van der Waals surface area contributed by atoms with Gasteiger partial charge in [0.2, 0.25) is 11.6 Å². The Kier molecular flexibility index (Phi) is 11.0. The number of likely N-dealkylation sites (N-methyl/N-ethyl adjacent to an activating group) is 1. The first-order valence-electron chi connectivity index (χ1n) is 17.1. The number of hydrogen-bond acceptors (Lipinski definition) is 12. The first-order chi connectivity index (χ1) is 25.6. The number of amidine groups is 1. The van der Waals surface area contributed by atoms with Crippen LogP contribution in [-0.2, 0) is 25.7 Å². The zero-order chi connectivity index (χ0) is 37.5. The number of esters is 2. The highest BCUT2D eigenvalue weighted by Crippen LogP contribution is 2.46. The molecule has 0 amide bonds. The molecule has 4 aromatic rings. The molecule has 274 valence electrons. The van der Waals surface area contributed by atoms with Crippen molar-refractivity contribution in [2.24, 2.45) is 10.9 Å². The highest BCUT2D eigenvalue weighted by atomic mass is 19.1. The first kappa shape index (κ1) is 36.6. The Morgan fingerprint density at radius 2 is 1.68 bits per heavy atom. The summed E-state index contributed by atoms with van der Waals surface area (Å²) in [6, 6.07) is 22.3. The summed E-state index contributed by atoms with van der Waals surface area (Å²) in [7, 11) is 1.90. The second-order valence-electron chi connectivity index (χ2n) is 12.4. The number of ether oxygens (including phenoxy) is 5. The molecular formula is C39H37F2N5O7. The number of nitrogens with one attached hydrogen (secondary N) is 1. The van der Waals surface area contributed by atoms with Crippen LogP contribution in [0.1, 0.15) is 43.4 Å². The van der Waals surface area contributed by atoms with Gasteiger partial charge in [0.15, 0.2) is 11.5 Å². The van der Waals surface area contributed by atoms with Crippen LogP contribution in [0.3, 0.4) is 0 Å². The van der Waals surface area contributed by atoms with E-state index in [0.29, 0.717) is 17.9 Å². The molecule has 2 heterocycles. The van der Waals surface area contributed by atoms with Gasteiger partial charge in [0.05, 0.1) is 37.3 Å². The number of anilines is 1. The van der Waals surface area contributed by atoms with Gasteiger partial charge in [-0.25, -0.2) is 4.79 Å². The van der Waals surface area contributed by atoms with Crippen LogP contribution < -0.4 is 19.5 Å². The molecule has 12 nitrogen and oxygen atoms in total. The summed E-state index contributed by atoms with van der Waals surface area (Å²) < 4.78 is 61.4. The van der Waals surface area contributed by atoms with Crippen molar-refractivity contribution in [1.82, 2.24) is 9.88 Å². The van der Waals surface area contributed by atoms with Gasteiger partial charge in [-0.3, -0.25) is 9.79 Å². The second-order valence-corrected chi connectivity index (χ2v) is 12.4. The van der Waals surface area contributed by atoms with Crippen LogP contribution in [0.15, 0.2) is 77.8 Å². The molecular weight excluding hydrogens is 688 g/mol. The number of aromatic nitrogens is 1. The van der Waals surface area contributed by atoms with Crippen LogP contribution in [0.4, 0.5) is 14.5 Å². The molecule has 1 fully saturated rings. The van der Waals surface area contributed by atoms with Gasteiger partial charge in [-0.05, 0) is 56.5 Å². The van der Waals surface area contributed by atoms with Crippen molar-refractivity contribution in [2.75, 3.05) is 38.7 Å². The number of nitrogens with zero attached hydrogens (tertiary/aromatic N) is 4. The summed E-state index contributed by atoms with van der Waals surface area (Å²) in [6.07, 6.45) is -0.310. The van der Waals surface area contributed by atoms with Crippen molar-refractivity contribution in [1.29, 1.82) is 5.26 Å². The fourth-order valence-electron chi connectivity index (χ4n) is 6.05. The maximum atomic E-state index is 16.6. The van der Waals surface area contributed by atoms with Crippen LogP contribution >= 0.6 is 0 Å². The third-order valence-electron chi connectivity index (χ3n) is 8.74. The highest BCUT2D eigenvalue weighted by molar-refractivity contribution is 6.00. The van der Waals surface area contributed by atoms with Crippen molar-refractivity contribution in [3.8, 4) is 35.1 Å². The lowest BCUT2D eigenvalue weighted by molar-refractivity contribution is -0.162. The van der Waals surface area contributed by atoms with E-state index in [4.69, 9.17) is 23.7 Å². The lowest BCUT2D eigenvalue weighted by atomic mass is 9.68. The van der Waals surface area contributed by atoms with E-state index in [-0.39, 0.29) is 55.5 Å². The average Bonchev–Trinajstić information content (AvgIpc) is 3.58. The third kappa shape index (κ3) is 7.99. The second kappa shape index (κ2) is 16.0. The number of benzene rings is 3. The molecule has 6 rings (SSSR count). The zero-order valence-electron chi connectivity index (χ0n) is 29.4. The normalized spacial score (nSPS) is 17.5. The number of pyridine rings is 1. The SMILES string of the molecule is CCOC(=O)C1CC(Nc2c(F)c(Oc3cccc(C4=NCCN4C)c3)nc(Oc3cc(C#N)ccc3OCc3ccccc3)c2F)(C(=O)OCC)C1. The Morgan fingerprint density at radius 3 is 2.36 bits per heavy atom. The van der Waals surface area contributed by atoms with Crippen LogP contribution in [0, 0.1) is 28.9 Å². The number of carbonyl (C=O) groups excluding carboxylic acids is 2. The lowest BCUT2D eigenvalue weighted by Crippen LogP contribution is -2.59. The molecule has 1 aromatic heterocycles. The molecule has 3 aromatic carbocycles. The molecule has 0 saturated heterocycles. The summed E-state index contributed by atoms with van der Waals surface area (Å²) in [5.74, 6) is -5.18. The van der Waals surface area contributed by atoms with Crippen molar-refractivity contribution >= 4 is 23.5 Å². The van der Waals surface area contributed by atoms with Crippen molar-refractivity contribution in [3.05, 3.63) is 101 Å². The summed E-state index contributed by atoms with van der Waals surface area (Å²) in [5, 5.41) is 12.3. The average molecular weight is 726 g/mol. The van der Waals surface area contributed by atoms with Crippen LogP contribution in [0.25, 0.3) is 0 Å². The van der Waals surface area contributed by atoms with Gasteiger partial charge in [-0.15, -0.1) is 0 Å². The maximum absolute atomic E-state index is 16.6. The van der Waals surface area contributed by atoms with E-state index in [1.54, 1.807) is 32.0 Å². The smallest absolute Gasteiger partial charge is 0.331 e. The predicted octanol–water partition coefficient (Wildman–Crippen LogP) is 6.77. The van der Waals surface area contributed by atoms with Gasteiger partial charge in [-0.1, -0.05) is 42.5 Å². The lowest BCUT2D eigenvalue weighted by Gasteiger charge is -2.45. The molecule has 0 unspecified atom stereocenters. The van der Waals surface area contributed by atoms with Gasteiger partial charge in [0.1, 0.15) is 29.4 Å². The first-order valence-corrected chi connectivity index (χ1v) is 17.1. The predicted molar refractivity (Wildman–Crippen MR) is 189 cm³/mol.